The van der Waals surface area contributed by atoms with E-state index in [-0.39, 0.29) is 11.2 Å². The number of nitrogens with one attached hydrogen (secondary N) is 1. The van der Waals surface area contributed by atoms with Gasteiger partial charge in [-0.15, -0.1) is 11.8 Å². The molecule has 4 nitrogen and oxygen atoms in total. The predicted octanol–water partition coefficient (Wildman–Crippen LogP) is 6.00. The number of carbonyl (C=O) groups excluding carboxylic acids is 1. The molecule has 3 rings (SSSR count). The summed E-state index contributed by atoms with van der Waals surface area (Å²) in [7, 11) is 0. The normalized spacial score (nSPS) is 12.3. The highest BCUT2D eigenvalue weighted by Gasteiger charge is 2.14. The van der Waals surface area contributed by atoms with Gasteiger partial charge in [0.05, 0.1) is 11.5 Å². The van der Waals surface area contributed by atoms with Gasteiger partial charge in [-0.25, -0.2) is 5.43 Å². The van der Waals surface area contributed by atoms with Gasteiger partial charge in [0.1, 0.15) is 0 Å². The fraction of sp³-hybridized carbons (Fsp3) is 0.250. The van der Waals surface area contributed by atoms with Gasteiger partial charge in [-0.2, -0.15) is 5.10 Å². The van der Waals surface area contributed by atoms with Crippen molar-refractivity contribution >= 4 is 35.5 Å². The number of hydrazone groups is 1. The van der Waals surface area contributed by atoms with Crippen molar-refractivity contribution in [3.05, 3.63) is 81.6 Å². The molecule has 156 valence electrons. The van der Waals surface area contributed by atoms with Crippen LogP contribution < -0.4 is 5.43 Å². The third kappa shape index (κ3) is 5.15. The first kappa shape index (κ1) is 22.2. The van der Waals surface area contributed by atoms with Crippen LogP contribution in [0.4, 0.5) is 0 Å². The summed E-state index contributed by atoms with van der Waals surface area (Å²) in [5, 5.41) is 4.60. The highest BCUT2D eigenvalue weighted by atomic mass is 35.5. The Morgan fingerprint density at radius 1 is 1.10 bits per heavy atom. The second-order valence-electron chi connectivity index (χ2n) is 7.40. The van der Waals surface area contributed by atoms with Crippen molar-refractivity contribution in [3.63, 3.8) is 0 Å². The van der Waals surface area contributed by atoms with E-state index < -0.39 is 0 Å². The van der Waals surface area contributed by atoms with Gasteiger partial charge in [0.25, 0.3) is 5.91 Å². The average molecular weight is 440 g/mol. The molecule has 6 heteroatoms. The number of rotatable bonds is 6. The second kappa shape index (κ2) is 9.54. The maximum Gasteiger partial charge on any atom is 0.253 e. The smallest absolute Gasteiger partial charge is 0.253 e. The molecule has 0 aliphatic rings. The van der Waals surface area contributed by atoms with Gasteiger partial charge in [0.15, 0.2) is 0 Å². The van der Waals surface area contributed by atoms with E-state index in [2.05, 4.69) is 67.1 Å². The molecular formula is C24H26ClN3OS. The Kier molecular flexibility index (Phi) is 7.06. The van der Waals surface area contributed by atoms with Crippen LogP contribution in [0, 0.1) is 27.7 Å². The van der Waals surface area contributed by atoms with Crippen molar-refractivity contribution in [1.29, 1.82) is 0 Å². The van der Waals surface area contributed by atoms with Gasteiger partial charge in [-0.05, 0) is 76.6 Å². The van der Waals surface area contributed by atoms with Crippen LogP contribution in [0.1, 0.15) is 35.0 Å². The molecule has 1 atom stereocenters. The predicted molar refractivity (Wildman–Crippen MR) is 127 cm³/mol. The first-order valence-electron chi connectivity index (χ1n) is 9.78. The van der Waals surface area contributed by atoms with E-state index in [1.807, 2.05) is 31.2 Å². The molecule has 0 saturated carbocycles. The minimum absolute atomic E-state index is 0.144. The van der Waals surface area contributed by atoms with Crippen molar-refractivity contribution < 1.29 is 4.79 Å². The number of benzene rings is 2. The van der Waals surface area contributed by atoms with E-state index in [1.165, 1.54) is 22.9 Å². The maximum atomic E-state index is 12.4. The van der Waals surface area contributed by atoms with Crippen LogP contribution >= 0.6 is 23.4 Å². The number of hydrogen-bond donors (Lipinski definition) is 1. The molecule has 0 aliphatic heterocycles. The minimum atomic E-state index is -0.272. The van der Waals surface area contributed by atoms with E-state index in [0.717, 1.165) is 27.5 Å². The number of thioether (sulfide) groups is 1. The quantitative estimate of drug-likeness (QED) is 0.291. The van der Waals surface area contributed by atoms with Crippen LogP contribution in [0.15, 0.2) is 58.5 Å². The van der Waals surface area contributed by atoms with E-state index in [9.17, 15) is 4.79 Å². The number of aryl methyl sites for hydroxylation is 3. The first-order chi connectivity index (χ1) is 14.3. The van der Waals surface area contributed by atoms with E-state index in [0.29, 0.717) is 5.02 Å². The van der Waals surface area contributed by atoms with Crippen LogP contribution in [0.25, 0.3) is 5.69 Å². The summed E-state index contributed by atoms with van der Waals surface area (Å²) in [6, 6.07) is 16.0. The number of nitrogens with zero attached hydrogens (tertiary/aromatic N) is 2. The molecule has 1 amide bonds. The Hall–Kier alpha value is -2.50. The Morgan fingerprint density at radius 3 is 2.47 bits per heavy atom. The van der Waals surface area contributed by atoms with Gasteiger partial charge in [0.2, 0.25) is 0 Å². The minimum Gasteiger partial charge on any atom is -0.318 e. The number of carbonyl (C=O) groups is 1. The van der Waals surface area contributed by atoms with Crippen LogP contribution in [-0.2, 0) is 4.79 Å². The molecule has 0 aliphatic carbocycles. The zero-order valence-corrected chi connectivity index (χ0v) is 19.4. The lowest BCUT2D eigenvalue weighted by molar-refractivity contribution is -0.120. The summed E-state index contributed by atoms with van der Waals surface area (Å²) >= 11 is 7.38. The fourth-order valence-corrected chi connectivity index (χ4v) is 4.36. The summed E-state index contributed by atoms with van der Waals surface area (Å²) in [5.41, 5.74) is 9.46. The van der Waals surface area contributed by atoms with Crippen molar-refractivity contribution in [2.75, 3.05) is 0 Å². The zero-order valence-electron chi connectivity index (χ0n) is 17.9. The van der Waals surface area contributed by atoms with Gasteiger partial charge in [0, 0.05) is 32.6 Å². The van der Waals surface area contributed by atoms with Crippen molar-refractivity contribution in [3.8, 4) is 5.69 Å². The largest absolute Gasteiger partial charge is 0.318 e. The molecule has 1 aromatic heterocycles. The molecule has 0 saturated heterocycles. The highest BCUT2D eigenvalue weighted by Crippen LogP contribution is 2.25. The van der Waals surface area contributed by atoms with E-state index in [1.54, 1.807) is 6.21 Å². The first-order valence-corrected chi connectivity index (χ1v) is 11.0. The summed E-state index contributed by atoms with van der Waals surface area (Å²) < 4.78 is 2.22. The van der Waals surface area contributed by atoms with Gasteiger partial charge < -0.3 is 4.57 Å². The summed E-state index contributed by atoms with van der Waals surface area (Å²) in [6.45, 7) is 10.2. The topological polar surface area (TPSA) is 46.4 Å². The van der Waals surface area contributed by atoms with Gasteiger partial charge in [-0.1, -0.05) is 29.3 Å². The molecular weight excluding hydrogens is 414 g/mol. The summed E-state index contributed by atoms with van der Waals surface area (Å²) in [4.78, 5) is 13.4. The fourth-order valence-electron chi connectivity index (χ4n) is 3.37. The zero-order chi connectivity index (χ0) is 21.8. The third-order valence-corrected chi connectivity index (χ3v) is 6.30. The van der Waals surface area contributed by atoms with Crippen LogP contribution in [0.5, 0.6) is 0 Å². The van der Waals surface area contributed by atoms with Crippen molar-refractivity contribution in [1.82, 2.24) is 9.99 Å². The number of amides is 1. The molecule has 30 heavy (non-hydrogen) atoms. The SMILES string of the molecule is Cc1ccc(-n2c(C)cc(/C=N\NC(=O)[C@@H](C)Sc3ccc(Cl)cc3)c2C)c(C)c1. The molecule has 1 N–H and O–H groups in total. The third-order valence-electron chi connectivity index (χ3n) is 4.94. The monoisotopic (exact) mass is 439 g/mol. The van der Waals surface area contributed by atoms with Crippen LogP contribution in [-0.4, -0.2) is 21.9 Å². The lowest BCUT2D eigenvalue weighted by Crippen LogP contribution is -2.26. The van der Waals surface area contributed by atoms with E-state index in [4.69, 9.17) is 11.6 Å². The maximum absolute atomic E-state index is 12.4. The molecule has 0 spiro atoms. The lowest BCUT2D eigenvalue weighted by atomic mass is 10.1. The van der Waals surface area contributed by atoms with Crippen molar-refractivity contribution in [2.24, 2.45) is 5.10 Å². The number of hydrogen-bond acceptors (Lipinski definition) is 3. The number of aromatic nitrogens is 1. The van der Waals surface area contributed by atoms with Crippen molar-refractivity contribution in [2.45, 2.75) is 44.8 Å². The lowest BCUT2D eigenvalue weighted by Gasteiger charge is -2.13. The summed E-state index contributed by atoms with van der Waals surface area (Å²) in [6.07, 6.45) is 1.71. The molecule has 2 aromatic carbocycles. The molecule has 0 radical (unpaired) electrons. The molecule has 3 aromatic rings. The Labute approximate surface area is 187 Å². The average Bonchev–Trinajstić information content (AvgIpc) is 2.97. The number of halogens is 1. The standard InChI is InChI=1S/C24H26ClN3OS/c1-15-6-11-23(16(2)12-15)28-17(3)13-20(18(28)4)14-26-27-24(29)19(5)30-22-9-7-21(25)8-10-22/h6-14,19H,1-5H3,(H,27,29)/b26-14-/t19-/m1/s1. The van der Waals surface area contributed by atoms with Gasteiger partial charge >= 0.3 is 0 Å². The van der Waals surface area contributed by atoms with E-state index >= 15 is 0 Å². The molecule has 0 fully saturated rings. The Bertz CT molecular complexity index is 1090. The molecule has 0 unspecified atom stereocenters. The molecule has 1 heterocycles. The molecule has 0 bridgehead atoms. The Morgan fingerprint density at radius 2 is 1.80 bits per heavy atom. The summed E-state index contributed by atoms with van der Waals surface area (Å²) in [5.74, 6) is -0.144. The van der Waals surface area contributed by atoms with Crippen LogP contribution in [0.3, 0.4) is 0 Å². The highest BCUT2D eigenvalue weighted by molar-refractivity contribution is 8.00. The van der Waals surface area contributed by atoms with Crippen LogP contribution in [0.2, 0.25) is 5.02 Å². The second-order valence-corrected chi connectivity index (χ2v) is 9.25. The Balaban J connectivity index is 1.69. The van der Waals surface area contributed by atoms with Gasteiger partial charge in [-0.3, -0.25) is 4.79 Å².